The van der Waals surface area contributed by atoms with Crippen LogP contribution in [-0.4, -0.2) is 10.9 Å². The van der Waals surface area contributed by atoms with Gasteiger partial charge in [0.2, 0.25) is 0 Å². The van der Waals surface area contributed by atoms with Crippen molar-refractivity contribution in [1.29, 1.82) is 0 Å². The van der Waals surface area contributed by atoms with E-state index >= 15 is 0 Å². The summed E-state index contributed by atoms with van der Waals surface area (Å²) in [6, 6.07) is 17.3. The molecule has 0 radical (unpaired) electrons. The first-order chi connectivity index (χ1) is 9.72. The summed E-state index contributed by atoms with van der Waals surface area (Å²) in [4.78, 5) is 1.13. The van der Waals surface area contributed by atoms with Gasteiger partial charge in [-0.25, -0.2) is 0 Å². The minimum atomic E-state index is -0.633. The Kier molecular flexibility index (Phi) is 4.01. The van der Waals surface area contributed by atoms with E-state index in [1.54, 1.807) is 17.8 Å². The predicted molar refractivity (Wildman–Crippen MR) is 83.3 cm³/mol. The first kappa shape index (κ1) is 13.6. The summed E-state index contributed by atoms with van der Waals surface area (Å²) in [7, 11) is 0. The Morgan fingerprint density at radius 3 is 2.70 bits per heavy atom. The SMILES string of the molecule is OC(CSc1ccccc1)c1cc2cc(Cl)ccc2o1. The third-order valence-electron chi connectivity index (χ3n) is 2.98. The van der Waals surface area contributed by atoms with E-state index < -0.39 is 6.10 Å². The van der Waals surface area contributed by atoms with Crippen LogP contribution in [0.1, 0.15) is 11.9 Å². The first-order valence-corrected chi connectivity index (χ1v) is 7.63. The van der Waals surface area contributed by atoms with Crippen LogP contribution >= 0.6 is 23.4 Å². The molecule has 1 atom stereocenters. The third kappa shape index (κ3) is 3.01. The molecule has 20 heavy (non-hydrogen) atoms. The number of aliphatic hydroxyl groups excluding tert-OH is 1. The van der Waals surface area contributed by atoms with Crippen LogP contribution < -0.4 is 0 Å². The zero-order chi connectivity index (χ0) is 13.9. The molecule has 3 rings (SSSR count). The second kappa shape index (κ2) is 5.92. The third-order valence-corrected chi connectivity index (χ3v) is 4.30. The van der Waals surface area contributed by atoms with Gasteiger partial charge < -0.3 is 9.52 Å². The van der Waals surface area contributed by atoms with Crippen LogP contribution in [0.15, 0.2) is 63.9 Å². The van der Waals surface area contributed by atoms with Crippen LogP contribution in [0.2, 0.25) is 5.02 Å². The van der Waals surface area contributed by atoms with Gasteiger partial charge in [0, 0.05) is 21.1 Å². The number of fused-ring (bicyclic) bond motifs is 1. The highest BCUT2D eigenvalue weighted by Gasteiger charge is 2.14. The van der Waals surface area contributed by atoms with Crippen LogP contribution in [0.3, 0.4) is 0 Å². The predicted octanol–water partition coefficient (Wildman–Crippen LogP) is 4.91. The molecule has 2 nitrogen and oxygen atoms in total. The second-order valence-corrected chi connectivity index (χ2v) is 6.00. The molecule has 0 saturated heterocycles. The number of hydrogen-bond acceptors (Lipinski definition) is 3. The lowest BCUT2D eigenvalue weighted by atomic mass is 10.2. The first-order valence-electron chi connectivity index (χ1n) is 6.27. The van der Waals surface area contributed by atoms with Gasteiger partial charge in [0.15, 0.2) is 0 Å². The van der Waals surface area contributed by atoms with E-state index in [1.807, 2.05) is 48.5 Å². The normalized spacial score (nSPS) is 12.7. The topological polar surface area (TPSA) is 33.4 Å². The maximum atomic E-state index is 10.2. The summed E-state index contributed by atoms with van der Waals surface area (Å²) in [5.74, 6) is 1.13. The van der Waals surface area contributed by atoms with E-state index in [4.69, 9.17) is 16.0 Å². The van der Waals surface area contributed by atoms with Gasteiger partial charge in [-0.2, -0.15) is 0 Å². The van der Waals surface area contributed by atoms with Crippen molar-refractivity contribution >= 4 is 34.3 Å². The number of benzene rings is 2. The van der Waals surface area contributed by atoms with Crippen molar-refractivity contribution in [1.82, 2.24) is 0 Å². The highest BCUT2D eigenvalue weighted by Crippen LogP contribution is 2.29. The lowest BCUT2D eigenvalue weighted by Gasteiger charge is -2.06. The molecule has 4 heteroatoms. The molecule has 1 N–H and O–H groups in total. The van der Waals surface area contributed by atoms with Gasteiger partial charge in [0.05, 0.1) is 0 Å². The summed E-state index contributed by atoms with van der Waals surface area (Å²) in [6.45, 7) is 0. The molecule has 0 spiro atoms. The zero-order valence-corrected chi connectivity index (χ0v) is 12.2. The van der Waals surface area contributed by atoms with Crippen molar-refractivity contribution in [3.63, 3.8) is 0 Å². The highest BCUT2D eigenvalue weighted by atomic mass is 35.5. The van der Waals surface area contributed by atoms with Crippen LogP contribution in [-0.2, 0) is 0 Å². The quantitative estimate of drug-likeness (QED) is 0.695. The number of hydrogen-bond donors (Lipinski definition) is 1. The molecular formula is C16H13ClO2S. The van der Waals surface area contributed by atoms with E-state index in [0.717, 1.165) is 15.9 Å². The molecule has 2 aromatic carbocycles. The Hall–Kier alpha value is -1.42. The van der Waals surface area contributed by atoms with Crippen LogP contribution in [0.25, 0.3) is 11.0 Å². The largest absolute Gasteiger partial charge is 0.458 e. The molecular weight excluding hydrogens is 292 g/mol. The summed E-state index contributed by atoms with van der Waals surface area (Å²) in [6.07, 6.45) is -0.633. The highest BCUT2D eigenvalue weighted by molar-refractivity contribution is 7.99. The Morgan fingerprint density at radius 1 is 1.10 bits per heavy atom. The standard InChI is InChI=1S/C16H13ClO2S/c17-12-6-7-15-11(8-12)9-16(19-15)14(18)10-20-13-4-2-1-3-5-13/h1-9,14,18H,10H2. The van der Waals surface area contributed by atoms with Crippen molar-refractivity contribution in [2.24, 2.45) is 0 Å². The van der Waals surface area contributed by atoms with Crippen molar-refractivity contribution in [2.75, 3.05) is 5.75 Å². The van der Waals surface area contributed by atoms with Crippen molar-refractivity contribution < 1.29 is 9.52 Å². The molecule has 1 unspecified atom stereocenters. The van der Waals surface area contributed by atoms with Gasteiger partial charge in [-0.3, -0.25) is 0 Å². The summed E-state index contributed by atoms with van der Waals surface area (Å²) >= 11 is 7.54. The van der Waals surface area contributed by atoms with Crippen LogP contribution in [0.4, 0.5) is 0 Å². The minimum absolute atomic E-state index is 0.553. The minimum Gasteiger partial charge on any atom is -0.458 e. The van der Waals surface area contributed by atoms with E-state index in [1.165, 1.54) is 0 Å². The maximum absolute atomic E-state index is 10.2. The summed E-state index contributed by atoms with van der Waals surface area (Å²) in [5.41, 5.74) is 0.744. The Balaban J connectivity index is 1.73. The van der Waals surface area contributed by atoms with Gasteiger partial charge >= 0.3 is 0 Å². The molecule has 0 saturated carbocycles. The average molecular weight is 305 g/mol. The Labute approximate surface area is 126 Å². The second-order valence-electron chi connectivity index (χ2n) is 4.47. The van der Waals surface area contributed by atoms with Crippen LogP contribution in [0, 0.1) is 0 Å². The molecule has 0 aliphatic heterocycles. The molecule has 0 aliphatic rings. The number of thioether (sulfide) groups is 1. The lowest BCUT2D eigenvalue weighted by Crippen LogP contribution is -1.98. The number of aliphatic hydroxyl groups is 1. The molecule has 0 fully saturated rings. The molecule has 0 amide bonds. The van der Waals surface area contributed by atoms with E-state index in [2.05, 4.69) is 0 Å². The fourth-order valence-electron chi connectivity index (χ4n) is 1.97. The van der Waals surface area contributed by atoms with Crippen molar-refractivity contribution in [3.05, 3.63) is 65.4 Å². The molecule has 3 aromatic rings. The van der Waals surface area contributed by atoms with E-state index in [0.29, 0.717) is 16.5 Å². The van der Waals surface area contributed by atoms with Gasteiger partial charge in [-0.1, -0.05) is 29.8 Å². The van der Waals surface area contributed by atoms with Crippen molar-refractivity contribution in [2.45, 2.75) is 11.0 Å². The fourth-order valence-corrected chi connectivity index (χ4v) is 3.02. The monoisotopic (exact) mass is 304 g/mol. The van der Waals surface area contributed by atoms with E-state index in [-0.39, 0.29) is 0 Å². The fraction of sp³-hybridized carbons (Fsp3) is 0.125. The van der Waals surface area contributed by atoms with Gasteiger partial charge in [-0.05, 0) is 36.4 Å². The van der Waals surface area contributed by atoms with Crippen molar-refractivity contribution in [3.8, 4) is 0 Å². The Bertz CT molecular complexity index is 709. The average Bonchev–Trinajstić information content (AvgIpc) is 2.89. The smallest absolute Gasteiger partial charge is 0.134 e. The Morgan fingerprint density at radius 2 is 1.90 bits per heavy atom. The number of rotatable bonds is 4. The molecule has 1 aromatic heterocycles. The molecule has 0 aliphatic carbocycles. The van der Waals surface area contributed by atoms with E-state index in [9.17, 15) is 5.11 Å². The molecule has 1 heterocycles. The zero-order valence-electron chi connectivity index (χ0n) is 10.6. The molecule has 0 bridgehead atoms. The van der Waals surface area contributed by atoms with Gasteiger partial charge in [0.25, 0.3) is 0 Å². The van der Waals surface area contributed by atoms with Gasteiger partial charge in [-0.15, -0.1) is 11.8 Å². The summed E-state index contributed by atoms with van der Waals surface area (Å²) in [5, 5.41) is 11.8. The number of furan rings is 1. The van der Waals surface area contributed by atoms with Gasteiger partial charge in [0.1, 0.15) is 17.4 Å². The van der Waals surface area contributed by atoms with Crippen LogP contribution in [0.5, 0.6) is 0 Å². The summed E-state index contributed by atoms with van der Waals surface area (Å²) < 4.78 is 5.65. The number of halogens is 1. The molecule has 102 valence electrons. The lowest BCUT2D eigenvalue weighted by molar-refractivity contribution is 0.177. The maximum Gasteiger partial charge on any atom is 0.134 e.